The molecule has 0 aliphatic heterocycles. The molecule has 3 aromatic rings. The van der Waals surface area contributed by atoms with Gasteiger partial charge in [-0.05, 0) is 43.3 Å². The number of carbonyl (C=O) groups is 1. The normalized spacial score (nSPS) is 11.8. The molecular formula is C18H16FN3O3. The van der Waals surface area contributed by atoms with E-state index in [-0.39, 0.29) is 17.6 Å². The minimum absolute atomic E-state index is 0.252. The number of amides is 1. The van der Waals surface area contributed by atoms with Gasteiger partial charge in [-0.1, -0.05) is 17.3 Å². The van der Waals surface area contributed by atoms with Crippen LogP contribution in [0, 0.1) is 5.82 Å². The fourth-order valence-electron chi connectivity index (χ4n) is 2.30. The van der Waals surface area contributed by atoms with Crippen LogP contribution >= 0.6 is 0 Å². The molecule has 0 aliphatic rings. The summed E-state index contributed by atoms with van der Waals surface area (Å²) in [5, 5.41) is 6.65. The topological polar surface area (TPSA) is 77.2 Å². The van der Waals surface area contributed by atoms with Gasteiger partial charge in [0, 0.05) is 5.56 Å². The van der Waals surface area contributed by atoms with Crippen LogP contribution in [0.2, 0.25) is 0 Å². The van der Waals surface area contributed by atoms with Crippen molar-refractivity contribution in [2.75, 3.05) is 7.11 Å². The summed E-state index contributed by atoms with van der Waals surface area (Å²) in [6.07, 6.45) is 0. The smallest absolute Gasteiger partial charge is 0.255 e. The summed E-state index contributed by atoms with van der Waals surface area (Å²) in [5.74, 6) is 0.400. The molecule has 0 radical (unpaired) electrons. The summed E-state index contributed by atoms with van der Waals surface area (Å²) in [6, 6.07) is 12.2. The molecule has 1 N–H and O–H groups in total. The number of hydrogen-bond donors (Lipinski definition) is 1. The van der Waals surface area contributed by atoms with Gasteiger partial charge in [-0.15, -0.1) is 0 Å². The van der Waals surface area contributed by atoms with Gasteiger partial charge >= 0.3 is 0 Å². The predicted molar refractivity (Wildman–Crippen MR) is 88.6 cm³/mol. The number of nitrogens with one attached hydrogen (secondary N) is 1. The number of nitrogens with zero attached hydrogens (tertiary/aromatic N) is 2. The number of ether oxygens (including phenoxy) is 1. The molecule has 1 atom stereocenters. The molecular weight excluding hydrogens is 325 g/mol. The molecule has 1 amide bonds. The van der Waals surface area contributed by atoms with Crippen molar-refractivity contribution >= 4 is 5.91 Å². The van der Waals surface area contributed by atoms with Gasteiger partial charge in [0.25, 0.3) is 5.91 Å². The summed E-state index contributed by atoms with van der Waals surface area (Å²) in [5.41, 5.74) is 1.04. The van der Waals surface area contributed by atoms with Crippen LogP contribution in [0.1, 0.15) is 29.2 Å². The maximum Gasteiger partial charge on any atom is 0.255 e. The zero-order valence-corrected chi connectivity index (χ0v) is 13.7. The molecule has 0 fully saturated rings. The summed E-state index contributed by atoms with van der Waals surface area (Å²) in [7, 11) is 1.50. The maximum absolute atomic E-state index is 13.0. The Hall–Kier alpha value is -3.22. The largest absolute Gasteiger partial charge is 0.496 e. The van der Waals surface area contributed by atoms with Crippen molar-refractivity contribution in [1.82, 2.24) is 15.5 Å². The van der Waals surface area contributed by atoms with Gasteiger partial charge in [-0.25, -0.2) is 4.39 Å². The van der Waals surface area contributed by atoms with E-state index in [1.54, 1.807) is 43.3 Å². The first-order valence-corrected chi connectivity index (χ1v) is 7.62. The Balaban J connectivity index is 1.74. The van der Waals surface area contributed by atoms with Crippen molar-refractivity contribution in [3.05, 3.63) is 65.8 Å². The fraction of sp³-hybridized carbons (Fsp3) is 0.167. The van der Waals surface area contributed by atoms with Gasteiger partial charge in [0.2, 0.25) is 11.7 Å². The second kappa shape index (κ2) is 7.12. The number of aromatic nitrogens is 2. The first-order valence-electron chi connectivity index (χ1n) is 7.62. The fourth-order valence-corrected chi connectivity index (χ4v) is 2.30. The van der Waals surface area contributed by atoms with Gasteiger partial charge < -0.3 is 14.6 Å². The quantitative estimate of drug-likeness (QED) is 0.770. The Morgan fingerprint density at radius 3 is 2.64 bits per heavy atom. The maximum atomic E-state index is 13.0. The van der Waals surface area contributed by atoms with Crippen LogP contribution in [-0.4, -0.2) is 23.2 Å². The second-order valence-electron chi connectivity index (χ2n) is 5.36. The summed E-state index contributed by atoms with van der Waals surface area (Å²) >= 11 is 0. The van der Waals surface area contributed by atoms with Crippen molar-refractivity contribution < 1.29 is 18.4 Å². The molecule has 6 nitrogen and oxygen atoms in total. The van der Waals surface area contributed by atoms with E-state index >= 15 is 0 Å². The highest BCUT2D eigenvalue weighted by Crippen LogP contribution is 2.21. The van der Waals surface area contributed by atoms with Crippen LogP contribution in [0.3, 0.4) is 0 Å². The Labute approximate surface area is 143 Å². The standard InChI is InChI=1S/C18H16FN3O3/c1-11(20-17(23)14-5-3-4-6-15(14)24-2)18-21-16(22-25-18)12-7-9-13(19)10-8-12/h3-11H,1-2H3,(H,20,23). The number of methoxy groups -OCH3 is 1. The van der Waals surface area contributed by atoms with E-state index in [0.717, 1.165) is 0 Å². The molecule has 128 valence electrons. The third-order valence-electron chi connectivity index (χ3n) is 3.61. The second-order valence-corrected chi connectivity index (χ2v) is 5.36. The Morgan fingerprint density at radius 2 is 1.92 bits per heavy atom. The molecule has 0 aliphatic carbocycles. The first-order chi connectivity index (χ1) is 12.1. The van der Waals surface area contributed by atoms with Crippen LogP contribution in [0.5, 0.6) is 5.75 Å². The molecule has 0 spiro atoms. The zero-order chi connectivity index (χ0) is 17.8. The van der Waals surface area contributed by atoms with E-state index in [1.807, 2.05) is 0 Å². The highest BCUT2D eigenvalue weighted by Gasteiger charge is 2.20. The van der Waals surface area contributed by atoms with Crippen LogP contribution < -0.4 is 10.1 Å². The number of hydrogen-bond acceptors (Lipinski definition) is 5. The van der Waals surface area contributed by atoms with Crippen molar-refractivity contribution in [1.29, 1.82) is 0 Å². The van der Waals surface area contributed by atoms with Crippen LogP contribution in [0.25, 0.3) is 11.4 Å². The highest BCUT2D eigenvalue weighted by molar-refractivity contribution is 5.97. The SMILES string of the molecule is COc1ccccc1C(=O)NC(C)c1nc(-c2ccc(F)cc2)no1. The van der Waals surface area contributed by atoms with E-state index in [2.05, 4.69) is 15.5 Å². The lowest BCUT2D eigenvalue weighted by Crippen LogP contribution is -2.27. The lowest BCUT2D eigenvalue weighted by atomic mass is 10.1. The summed E-state index contributed by atoms with van der Waals surface area (Å²) in [6.45, 7) is 1.73. The van der Waals surface area contributed by atoms with Crippen LogP contribution in [0.15, 0.2) is 53.1 Å². The molecule has 1 heterocycles. The monoisotopic (exact) mass is 341 g/mol. The Morgan fingerprint density at radius 1 is 1.20 bits per heavy atom. The minimum atomic E-state index is -0.501. The predicted octanol–water partition coefficient (Wildman–Crippen LogP) is 3.38. The van der Waals surface area contributed by atoms with Gasteiger partial charge in [-0.3, -0.25) is 4.79 Å². The Bertz CT molecular complexity index is 877. The van der Waals surface area contributed by atoms with Crippen LogP contribution in [-0.2, 0) is 0 Å². The van der Waals surface area contributed by atoms with Crippen molar-refractivity contribution in [3.63, 3.8) is 0 Å². The number of para-hydroxylation sites is 1. The highest BCUT2D eigenvalue weighted by atomic mass is 19.1. The number of carbonyl (C=O) groups excluding carboxylic acids is 1. The zero-order valence-electron chi connectivity index (χ0n) is 13.7. The molecule has 3 rings (SSSR count). The van der Waals surface area contributed by atoms with E-state index < -0.39 is 6.04 Å². The van der Waals surface area contributed by atoms with Gasteiger partial charge in [0.15, 0.2) is 0 Å². The minimum Gasteiger partial charge on any atom is -0.496 e. The molecule has 0 saturated heterocycles. The lowest BCUT2D eigenvalue weighted by molar-refractivity contribution is 0.0929. The van der Waals surface area contributed by atoms with E-state index in [1.165, 1.54) is 19.2 Å². The number of halogens is 1. The molecule has 7 heteroatoms. The third kappa shape index (κ3) is 3.65. The summed E-state index contributed by atoms with van der Waals surface area (Å²) in [4.78, 5) is 16.7. The Kier molecular flexibility index (Phi) is 4.74. The summed E-state index contributed by atoms with van der Waals surface area (Å²) < 4.78 is 23.4. The van der Waals surface area contributed by atoms with Crippen LogP contribution in [0.4, 0.5) is 4.39 Å². The molecule has 1 aromatic heterocycles. The molecule has 2 aromatic carbocycles. The van der Waals surface area contributed by atoms with Crippen molar-refractivity contribution in [3.8, 4) is 17.1 Å². The van der Waals surface area contributed by atoms with E-state index in [0.29, 0.717) is 22.7 Å². The van der Waals surface area contributed by atoms with Gasteiger partial charge in [-0.2, -0.15) is 4.98 Å². The average molecular weight is 341 g/mol. The van der Waals surface area contributed by atoms with Crippen molar-refractivity contribution in [2.24, 2.45) is 0 Å². The molecule has 0 bridgehead atoms. The number of benzene rings is 2. The van der Waals surface area contributed by atoms with E-state index in [9.17, 15) is 9.18 Å². The van der Waals surface area contributed by atoms with E-state index in [4.69, 9.17) is 9.26 Å². The number of rotatable bonds is 5. The van der Waals surface area contributed by atoms with Crippen molar-refractivity contribution in [2.45, 2.75) is 13.0 Å². The lowest BCUT2D eigenvalue weighted by Gasteiger charge is -2.12. The van der Waals surface area contributed by atoms with Gasteiger partial charge in [0.1, 0.15) is 17.6 Å². The first kappa shape index (κ1) is 16.6. The molecule has 25 heavy (non-hydrogen) atoms. The molecule has 1 unspecified atom stereocenters. The third-order valence-corrected chi connectivity index (χ3v) is 3.61. The average Bonchev–Trinajstić information content (AvgIpc) is 3.12. The van der Waals surface area contributed by atoms with Gasteiger partial charge in [0.05, 0.1) is 12.7 Å². The molecule has 0 saturated carbocycles.